The van der Waals surface area contributed by atoms with E-state index in [-0.39, 0.29) is 16.2 Å². The molecule has 5 nitrogen and oxygen atoms in total. The van der Waals surface area contributed by atoms with Gasteiger partial charge < -0.3 is 9.92 Å². The van der Waals surface area contributed by atoms with Crippen molar-refractivity contribution in [2.24, 2.45) is 5.73 Å². The molecule has 2 aromatic rings. The van der Waals surface area contributed by atoms with Crippen molar-refractivity contribution in [3.63, 3.8) is 0 Å². The van der Waals surface area contributed by atoms with E-state index < -0.39 is 16.0 Å². The molecule has 104 valence electrons. The second kappa shape index (κ2) is 5.64. The Balaban J connectivity index is 2.28. The van der Waals surface area contributed by atoms with E-state index in [1.54, 1.807) is 12.1 Å². The smallest absolute Gasteiger partial charge is 0.339 e. The quantitative estimate of drug-likeness (QED) is 0.852. The summed E-state index contributed by atoms with van der Waals surface area (Å²) in [5.74, 6) is -0.430. The Labute approximate surface area is 124 Å². The molecule has 2 aromatic carbocycles. The van der Waals surface area contributed by atoms with Crippen molar-refractivity contribution < 1.29 is 17.4 Å². The number of carbonyl (C=O) groups is 1. The van der Waals surface area contributed by atoms with Crippen LogP contribution in [0.2, 0.25) is 0 Å². The SMILES string of the molecule is NC(=O)c1ccc(S(=O)(=O)Oc2cccc(Br)c2)cc1. The lowest BCUT2D eigenvalue weighted by Gasteiger charge is -2.07. The molecule has 0 heterocycles. The molecule has 0 radical (unpaired) electrons. The maximum Gasteiger partial charge on any atom is 0.339 e. The summed E-state index contributed by atoms with van der Waals surface area (Å²) < 4.78 is 29.8. The summed E-state index contributed by atoms with van der Waals surface area (Å²) >= 11 is 3.23. The summed E-state index contributed by atoms with van der Waals surface area (Å²) in [7, 11) is -3.95. The van der Waals surface area contributed by atoms with Crippen LogP contribution in [0.4, 0.5) is 0 Å². The molecule has 0 bridgehead atoms. The zero-order valence-corrected chi connectivity index (χ0v) is 12.5. The molecule has 1 amide bonds. The van der Waals surface area contributed by atoms with E-state index in [1.165, 1.54) is 36.4 Å². The van der Waals surface area contributed by atoms with Crippen LogP contribution in [0.3, 0.4) is 0 Å². The van der Waals surface area contributed by atoms with Gasteiger partial charge >= 0.3 is 10.1 Å². The fraction of sp³-hybridized carbons (Fsp3) is 0. The summed E-state index contributed by atoms with van der Waals surface area (Å²) in [6.45, 7) is 0. The van der Waals surface area contributed by atoms with Gasteiger partial charge in [0, 0.05) is 10.0 Å². The predicted octanol–water partition coefficient (Wildman–Crippen LogP) is 2.32. The highest BCUT2D eigenvalue weighted by Crippen LogP contribution is 2.22. The predicted molar refractivity (Wildman–Crippen MR) is 76.9 cm³/mol. The van der Waals surface area contributed by atoms with E-state index in [2.05, 4.69) is 15.9 Å². The van der Waals surface area contributed by atoms with Crippen molar-refractivity contribution in [3.05, 3.63) is 58.6 Å². The molecule has 2 rings (SSSR count). The van der Waals surface area contributed by atoms with Gasteiger partial charge in [0.05, 0.1) is 0 Å². The van der Waals surface area contributed by atoms with Crippen LogP contribution in [0, 0.1) is 0 Å². The molecule has 0 aromatic heterocycles. The molecule has 0 aliphatic heterocycles. The number of primary amides is 1. The van der Waals surface area contributed by atoms with Gasteiger partial charge in [0.25, 0.3) is 0 Å². The van der Waals surface area contributed by atoms with Crippen LogP contribution < -0.4 is 9.92 Å². The van der Waals surface area contributed by atoms with Crippen LogP contribution in [0.15, 0.2) is 57.9 Å². The zero-order chi connectivity index (χ0) is 14.8. The van der Waals surface area contributed by atoms with E-state index in [1.807, 2.05) is 0 Å². The largest absolute Gasteiger partial charge is 0.379 e. The molecule has 0 saturated carbocycles. The van der Waals surface area contributed by atoms with Crippen molar-refractivity contribution >= 4 is 32.0 Å². The summed E-state index contributed by atoms with van der Waals surface area (Å²) in [4.78, 5) is 10.9. The standard InChI is InChI=1S/C13H10BrNO4S/c14-10-2-1-3-11(8-10)19-20(17,18)12-6-4-9(5-7-12)13(15)16/h1-8H,(H2,15,16). The third-order valence-corrected chi connectivity index (χ3v) is 4.18. The van der Waals surface area contributed by atoms with Gasteiger partial charge in [-0.3, -0.25) is 4.79 Å². The molecular weight excluding hydrogens is 346 g/mol. The van der Waals surface area contributed by atoms with Gasteiger partial charge in [-0.25, -0.2) is 0 Å². The number of amides is 1. The highest BCUT2D eigenvalue weighted by atomic mass is 79.9. The summed E-state index contributed by atoms with van der Waals surface area (Å²) in [5.41, 5.74) is 5.32. The summed E-state index contributed by atoms with van der Waals surface area (Å²) in [5, 5.41) is 0. The van der Waals surface area contributed by atoms with Gasteiger partial charge in [0.1, 0.15) is 10.6 Å². The van der Waals surface area contributed by atoms with E-state index in [0.717, 1.165) is 0 Å². The molecular formula is C13H10BrNO4S. The molecule has 0 fully saturated rings. The van der Waals surface area contributed by atoms with E-state index >= 15 is 0 Å². The van der Waals surface area contributed by atoms with Gasteiger partial charge in [-0.05, 0) is 42.5 Å². The Morgan fingerprint density at radius 3 is 2.30 bits per heavy atom. The highest BCUT2D eigenvalue weighted by molar-refractivity contribution is 9.10. The average molecular weight is 356 g/mol. The topological polar surface area (TPSA) is 86.5 Å². The monoisotopic (exact) mass is 355 g/mol. The van der Waals surface area contributed by atoms with Gasteiger partial charge in [0.15, 0.2) is 0 Å². The normalized spacial score (nSPS) is 11.1. The Bertz CT molecular complexity index is 741. The highest BCUT2D eigenvalue weighted by Gasteiger charge is 2.17. The van der Waals surface area contributed by atoms with Crippen molar-refractivity contribution in [2.45, 2.75) is 4.90 Å². The van der Waals surface area contributed by atoms with Crippen molar-refractivity contribution in [1.82, 2.24) is 0 Å². The van der Waals surface area contributed by atoms with Crippen LogP contribution in [-0.4, -0.2) is 14.3 Å². The second-order valence-corrected chi connectivity index (χ2v) is 6.35. The number of benzene rings is 2. The fourth-order valence-electron chi connectivity index (χ4n) is 1.48. The Hall–Kier alpha value is -1.86. The molecule has 20 heavy (non-hydrogen) atoms. The molecule has 0 saturated heterocycles. The number of rotatable bonds is 4. The maximum atomic E-state index is 12.0. The lowest BCUT2D eigenvalue weighted by molar-refractivity contribution is 0.1000. The van der Waals surface area contributed by atoms with Gasteiger partial charge in [-0.1, -0.05) is 22.0 Å². The molecule has 0 unspecified atom stereocenters. The molecule has 7 heteroatoms. The summed E-state index contributed by atoms with van der Waals surface area (Å²) in [6.07, 6.45) is 0. The van der Waals surface area contributed by atoms with Crippen LogP contribution >= 0.6 is 15.9 Å². The maximum absolute atomic E-state index is 12.0. The lowest BCUT2D eigenvalue weighted by atomic mass is 10.2. The second-order valence-electron chi connectivity index (χ2n) is 3.88. The third-order valence-electron chi connectivity index (χ3n) is 2.43. The minimum absolute atomic E-state index is 0.0533. The van der Waals surface area contributed by atoms with Crippen molar-refractivity contribution in [3.8, 4) is 5.75 Å². The number of nitrogens with two attached hydrogens (primary N) is 1. The van der Waals surface area contributed by atoms with E-state index in [9.17, 15) is 13.2 Å². The van der Waals surface area contributed by atoms with E-state index in [0.29, 0.717) is 4.47 Å². The zero-order valence-electron chi connectivity index (χ0n) is 10.1. The first-order valence-corrected chi connectivity index (χ1v) is 7.68. The van der Waals surface area contributed by atoms with Crippen LogP contribution in [-0.2, 0) is 10.1 Å². The minimum Gasteiger partial charge on any atom is -0.379 e. The lowest BCUT2D eigenvalue weighted by Crippen LogP contribution is -2.13. The third kappa shape index (κ3) is 3.37. The summed E-state index contributed by atoms with van der Waals surface area (Å²) in [6, 6.07) is 11.7. The van der Waals surface area contributed by atoms with E-state index in [4.69, 9.17) is 9.92 Å². The van der Waals surface area contributed by atoms with Crippen molar-refractivity contribution in [2.75, 3.05) is 0 Å². The van der Waals surface area contributed by atoms with Gasteiger partial charge in [0.2, 0.25) is 5.91 Å². The number of hydrogen-bond donors (Lipinski definition) is 1. The van der Waals surface area contributed by atoms with Crippen molar-refractivity contribution in [1.29, 1.82) is 0 Å². The Kier molecular flexibility index (Phi) is 4.10. The number of carbonyl (C=O) groups excluding carboxylic acids is 1. The van der Waals surface area contributed by atoms with Crippen LogP contribution in [0.25, 0.3) is 0 Å². The molecule has 2 N–H and O–H groups in total. The minimum atomic E-state index is -3.95. The number of hydrogen-bond acceptors (Lipinski definition) is 4. The first kappa shape index (κ1) is 14.5. The van der Waals surface area contributed by atoms with Gasteiger partial charge in [-0.15, -0.1) is 0 Å². The fourth-order valence-corrected chi connectivity index (χ4v) is 2.78. The molecule has 0 atom stereocenters. The Morgan fingerprint density at radius 1 is 1.10 bits per heavy atom. The molecule has 0 spiro atoms. The van der Waals surface area contributed by atoms with Gasteiger partial charge in [-0.2, -0.15) is 8.42 Å². The first-order valence-electron chi connectivity index (χ1n) is 5.48. The van der Waals surface area contributed by atoms with Crippen LogP contribution in [0.1, 0.15) is 10.4 Å². The molecule has 0 aliphatic carbocycles. The van der Waals surface area contributed by atoms with Crippen LogP contribution in [0.5, 0.6) is 5.75 Å². The average Bonchev–Trinajstić information content (AvgIpc) is 2.38. The first-order chi connectivity index (χ1) is 9.38. The molecule has 0 aliphatic rings. The number of halogens is 1. The Morgan fingerprint density at radius 2 is 1.75 bits per heavy atom.